The molecule has 0 radical (unpaired) electrons. The summed E-state index contributed by atoms with van der Waals surface area (Å²) in [5.74, 6) is -1.28. The molecule has 1 atom stereocenters. The molecular formula is C15H14ClNO5S. The number of aromatic hydroxyl groups is 1. The number of ether oxygens (including phenoxy) is 1. The molecule has 2 amide bonds. The monoisotopic (exact) mass is 355 g/mol. The molecule has 0 aliphatic carbocycles. The van der Waals surface area contributed by atoms with E-state index in [0.29, 0.717) is 5.56 Å². The number of esters is 1. The van der Waals surface area contributed by atoms with Crippen molar-refractivity contribution in [3.63, 3.8) is 0 Å². The van der Waals surface area contributed by atoms with Gasteiger partial charge in [0.1, 0.15) is 11.8 Å². The molecule has 0 spiro atoms. The summed E-state index contributed by atoms with van der Waals surface area (Å²) < 4.78 is 4.84. The van der Waals surface area contributed by atoms with Crippen molar-refractivity contribution < 1.29 is 24.2 Å². The van der Waals surface area contributed by atoms with Gasteiger partial charge in [-0.05, 0) is 49.4 Å². The summed E-state index contributed by atoms with van der Waals surface area (Å²) in [4.78, 5) is 37.1. The van der Waals surface area contributed by atoms with E-state index in [4.69, 9.17) is 16.3 Å². The van der Waals surface area contributed by atoms with Gasteiger partial charge in [0.15, 0.2) is 0 Å². The first-order chi connectivity index (χ1) is 10.8. The van der Waals surface area contributed by atoms with Crippen molar-refractivity contribution in [3.05, 3.63) is 33.7 Å². The van der Waals surface area contributed by atoms with Crippen LogP contribution in [0.25, 0.3) is 6.08 Å². The average Bonchev–Trinajstić information content (AvgIpc) is 2.77. The molecule has 122 valence electrons. The molecule has 0 saturated carbocycles. The van der Waals surface area contributed by atoms with E-state index in [0.717, 1.165) is 16.7 Å². The predicted octanol–water partition coefficient (Wildman–Crippen LogP) is 3.03. The van der Waals surface area contributed by atoms with E-state index >= 15 is 0 Å². The van der Waals surface area contributed by atoms with Crippen LogP contribution in [0.15, 0.2) is 23.1 Å². The summed E-state index contributed by atoms with van der Waals surface area (Å²) in [6, 6.07) is 3.43. The summed E-state index contributed by atoms with van der Waals surface area (Å²) in [6.07, 6.45) is 1.48. The number of halogens is 1. The van der Waals surface area contributed by atoms with Crippen LogP contribution in [0, 0.1) is 0 Å². The Bertz CT molecular complexity index is 703. The third kappa shape index (κ3) is 3.68. The van der Waals surface area contributed by atoms with E-state index in [1.54, 1.807) is 13.0 Å². The molecule has 1 saturated heterocycles. The van der Waals surface area contributed by atoms with Crippen molar-refractivity contribution in [2.75, 3.05) is 6.61 Å². The van der Waals surface area contributed by atoms with Gasteiger partial charge in [-0.25, -0.2) is 4.79 Å². The normalized spacial score (nSPS) is 17.7. The lowest BCUT2D eigenvalue weighted by molar-refractivity contribution is -0.150. The molecule has 1 aromatic rings. The van der Waals surface area contributed by atoms with Gasteiger partial charge in [0.05, 0.1) is 16.5 Å². The largest absolute Gasteiger partial charge is 0.506 e. The minimum absolute atomic E-state index is 0.0761. The Morgan fingerprint density at radius 3 is 2.78 bits per heavy atom. The fraction of sp³-hybridized carbons (Fsp3) is 0.267. The van der Waals surface area contributed by atoms with Crippen LogP contribution in [0.2, 0.25) is 5.02 Å². The molecule has 23 heavy (non-hydrogen) atoms. The molecule has 1 unspecified atom stereocenters. The number of benzene rings is 1. The van der Waals surface area contributed by atoms with Gasteiger partial charge in [0.25, 0.3) is 11.1 Å². The minimum atomic E-state index is -0.989. The second-order valence-corrected chi connectivity index (χ2v) is 6.09. The molecular weight excluding hydrogens is 342 g/mol. The highest BCUT2D eigenvalue weighted by molar-refractivity contribution is 8.18. The number of phenols is 1. The lowest BCUT2D eigenvalue weighted by atomic mass is 10.2. The molecule has 2 rings (SSSR count). The highest BCUT2D eigenvalue weighted by Crippen LogP contribution is 2.34. The van der Waals surface area contributed by atoms with Crippen molar-refractivity contribution >= 4 is 46.6 Å². The summed E-state index contributed by atoms with van der Waals surface area (Å²) in [6.45, 7) is 3.25. The van der Waals surface area contributed by atoms with E-state index in [1.807, 2.05) is 0 Å². The van der Waals surface area contributed by atoms with Crippen molar-refractivity contribution in [3.8, 4) is 5.75 Å². The third-order valence-electron chi connectivity index (χ3n) is 3.11. The Morgan fingerprint density at radius 1 is 1.48 bits per heavy atom. The number of nitrogens with zero attached hydrogens (tertiary/aromatic N) is 1. The zero-order valence-electron chi connectivity index (χ0n) is 12.4. The minimum Gasteiger partial charge on any atom is -0.506 e. The van der Waals surface area contributed by atoms with Crippen molar-refractivity contribution in [2.24, 2.45) is 0 Å². The summed E-state index contributed by atoms with van der Waals surface area (Å²) >= 11 is 6.55. The summed E-state index contributed by atoms with van der Waals surface area (Å²) in [5.41, 5.74) is 0.557. The Balaban J connectivity index is 2.25. The van der Waals surface area contributed by atoms with Gasteiger partial charge >= 0.3 is 5.97 Å². The second kappa shape index (κ2) is 7.06. The van der Waals surface area contributed by atoms with E-state index in [1.165, 1.54) is 25.1 Å². The van der Waals surface area contributed by atoms with Gasteiger partial charge in [-0.3, -0.25) is 14.5 Å². The molecule has 6 nitrogen and oxygen atoms in total. The lowest BCUT2D eigenvalue weighted by Gasteiger charge is -2.19. The van der Waals surface area contributed by atoms with Gasteiger partial charge in [0, 0.05) is 0 Å². The molecule has 8 heteroatoms. The maximum absolute atomic E-state index is 12.3. The number of imide groups is 1. The van der Waals surface area contributed by atoms with E-state index in [2.05, 4.69) is 0 Å². The number of thioether (sulfide) groups is 1. The van der Waals surface area contributed by atoms with Gasteiger partial charge in [-0.15, -0.1) is 0 Å². The first-order valence-electron chi connectivity index (χ1n) is 6.77. The molecule has 1 fully saturated rings. The number of hydrogen-bond donors (Lipinski definition) is 1. The van der Waals surface area contributed by atoms with Gasteiger partial charge in [0.2, 0.25) is 0 Å². The number of phenolic OH excluding ortho intramolecular Hbond substituents is 1. The van der Waals surface area contributed by atoms with Gasteiger partial charge in [-0.1, -0.05) is 17.7 Å². The van der Waals surface area contributed by atoms with Crippen LogP contribution >= 0.6 is 23.4 Å². The zero-order chi connectivity index (χ0) is 17.1. The van der Waals surface area contributed by atoms with E-state index in [9.17, 15) is 19.5 Å². The zero-order valence-corrected chi connectivity index (χ0v) is 14.0. The first kappa shape index (κ1) is 17.4. The quantitative estimate of drug-likeness (QED) is 0.660. The number of amides is 2. The Kier molecular flexibility index (Phi) is 5.33. The summed E-state index contributed by atoms with van der Waals surface area (Å²) in [7, 11) is 0. The molecule has 1 aliphatic rings. The van der Waals surface area contributed by atoms with E-state index < -0.39 is 23.2 Å². The highest BCUT2D eigenvalue weighted by Gasteiger charge is 2.41. The molecule has 1 N–H and O–H groups in total. The molecule has 0 aromatic heterocycles. The van der Waals surface area contributed by atoms with Crippen LogP contribution in [0.1, 0.15) is 19.4 Å². The van der Waals surface area contributed by atoms with Crippen molar-refractivity contribution in [2.45, 2.75) is 19.9 Å². The van der Waals surface area contributed by atoms with Crippen LogP contribution in [-0.2, 0) is 14.3 Å². The van der Waals surface area contributed by atoms with Crippen LogP contribution in [0.5, 0.6) is 5.75 Å². The van der Waals surface area contributed by atoms with Gasteiger partial charge in [-0.2, -0.15) is 0 Å². The third-order valence-corrected chi connectivity index (χ3v) is 4.29. The number of hydrogen-bond acceptors (Lipinski definition) is 6. The SMILES string of the molecule is CCOC(=O)C(C)N1C(=O)S/C(=C\c2ccc(O)c(Cl)c2)C1=O. The molecule has 0 bridgehead atoms. The summed E-state index contributed by atoms with van der Waals surface area (Å²) in [5, 5.41) is 8.99. The number of carbonyl (C=O) groups is 3. The first-order valence-corrected chi connectivity index (χ1v) is 7.96. The highest BCUT2D eigenvalue weighted by atomic mass is 35.5. The average molecular weight is 356 g/mol. The van der Waals surface area contributed by atoms with Crippen LogP contribution in [0.3, 0.4) is 0 Å². The molecule has 1 aromatic carbocycles. The van der Waals surface area contributed by atoms with Crippen molar-refractivity contribution in [1.29, 1.82) is 0 Å². The number of carbonyl (C=O) groups excluding carboxylic acids is 3. The van der Waals surface area contributed by atoms with Crippen LogP contribution in [-0.4, -0.2) is 39.8 Å². The lowest BCUT2D eigenvalue weighted by Crippen LogP contribution is -2.42. The predicted molar refractivity (Wildman–Crippen MR) is 87.0 cm³/mol. The maximum atomic E-state index is 12.3. The van der Waals surface area contributed by atoms with Crippen LogP contribution < -0.4 is 0 Å². The molecule has 1 heterocycles. The maximum Gasteiger partial charge on any atom is 0.329 e. The Labute approximate surface area is 142 Å². The van der Waals surface area contributed by atoms with Crippen LogP contribution in [0.4, 0.5) is 4.79 Å². The Hall–Kier alpha value is -1.99. The van der Waals surface area contributed by atoms with Crippen molar-refractivity contribution in [1.82, 2.24) is 4.90 Å². The topological polar surface area (TPSA) is 83.9 Å². The van der Waals surface area contributed by atoms with E-state index in [-0.39, 0.29) is 22.3 Å². The molecule has 1 aliphatic heterocycles. The Morgan fingerprint density at radius 2 is 2.17 bits per heavy atom. The fourth-order valence-electron chi connectivity index (χ4n) is 1.95. The fourth-order valence-corrected chi connectivity index (χ4v) is 3.04. The second-order valence-electron chi connectivity index (χ2n) is 4.69. The standard InChI is InChI=1S/C15H14ClNO5S/c1-3-22-14(20)8(2)17-13(19)12(23-15(17)21)7-9-4-5-11(18)10(16)6-9/h4-8,18H,3H2,1-2H3/b12-7-. The smallest absolute Gasteiger partial charge is 0.329 e. The van der Waals surface area contributed by atoms with Gasteiger partial charge < -0.3 is 9.84 Å². The number of rotatable bonds is 4.